The molecule has 9 heterocycles. The maximum atomic E-state index is 13.1. The van der Waals surface area contributed by atoms with Crippen molar-refractivity contribution in [1.82, 2.24) is 44.4 Å². The van der Waals surface area contributed by atoms with Gasteiger partial charge in [0.05, 0.1) is 31.0 Å². The van der Waals surface area contributed by atoms with Gasteiger partial charge in [0.25, 0.3) is 11.8 Å². The molecule has 22 heteroatoms. The van der Waals surface area contributed by atoms with Gasteiger partial charge in [0, 0.05) is 99.7 Å². The van der Waals surface area contributed by atoms with E-state index in [4.69, 9.17) is 59.7 Å². The Balaban J connectivity index is 0.000000137. The number of benzene rings is 7. The second-order valence-corrected chi connectivity index (χ2v) is 32.1. The van der Waals surface area contributed by atoms with Gasteiger partial charge in [0.2, 0.25) is 20.4 Å². The predicted molar refractivity (Wildman–Crippen MR) is 426 cm³/mol. The van der Waals surface area contributed by atoms with Crippen molar-refractivity contribution >= 4 is 63.1 Å². The van der Waals surface area contributed by atoms with E-state index < -0.39 is 0 Å². The summed E-state index contributed by atoms with van der Waals surface area (Å²) in [6.07, 6.45) is 8.04. The Labute approximate surface area is 651 Å². The second kappa shape index (κ2) is 36.7. The van der Waals surface area contributed by atoms with Gasteiger partial charge in [-0.05, 0) is 163 Å². The third-order valence-electron chi connectivity index (χ3n) is 20.3. The Morgan fingerprint density at radius 1 is 0.435 bits per heavy atom. The van der Waals surface area contributed by atoms with Gasteiger partial charge >= 0.3 is 0 Å². The Morgan fingerprint density at radius 2 is 0.806 bits per heavy atom. The van der Waals surface area contributed by atoms with Crippen molar-refractivity contribution in [1.29, 1.82) is 0 Å². The van der Waals surface area contributed by atoms with Gasteiger partial charge in [-0.25, -0.2) is 15.0 Å². The van der Waals surface area contributed by atoms with E-state index in [0.717, 1.165) is 193 Å². The predicted octanol–water partition coefficient (Wildman–Crippen LogP) is 18.0. The lowest BCUT2D eigenvalue weighted by molar-refractivity contribution is 0.0684. The number of halogens is 1. The number of hydrogen-bond donors (Lipinski definition) is 0. The average Bonchev–Trinajstić information content (AvgIpc) is 1.60. The SMILES string of the molecule is C=C(c1csc(CN(Cc2ccc(Cl)cc2)Cc2ccc3c(c2)OCO3)n1)N1CCCCC1.CC1CCN(C(=O)c2csc(CN(Cc3ccc(OCc4ccccc4)cc3)Cc3ccc4c(c3)OCO4)n2)CC1.Cc1ccc(CN(Cc2ccc3c(c2)OCO3)Cc2nc(C(=O)N3CCC(C)CC3)cs2)cc1. The number of thiazole rings is 3. The third kappa shape index (κ3) is 20.9. The average molecular weight is 1530 g/mol. The molecule has 562 valence electrons. The van der Waals surface area contributed by atoms with Crippen LogP contribution in [-0.2, 0) is 65.5 Å². The minimum atomic E-state index is 0.0489. The minimum Gasteiger partial charge on any atom is -0.489 e. The largest absolute Gasteiger partial charge is 0.489 e. The molecule has 0 spiro atoms. The van der Waals surface area contributed by atoms with E-state index >= 15 is 0 Å². The molecule has 108 heavy (non-hydrogen) atoms. The number of piperidine rings is 3. The molecule has 3 aromatic heterocycles. The van der Waals surface area contributed by atoms with Crippen molar-refractivity contribution in [3.8, 4) is 40.2 Å². The molecule has 0 bridgehead atoms. The Morgan fingerprint density at radius 3 is 1.24 bits per heavy atom. The number of hydrogen-bond acceptors (Lipinski definition) is 19. The molecular formula is C86H94ClN9O9S3. The van der Waals surface area contributed by atoms with Crippen LogP contribution in [0.2, 0.25) is 5.02 Å². The van der Waals surface area contributed by atoms with Gasteiger partial charge < -0.3 is 47.9 Å². The number of likely N-dealkylation sites (tertiary alicyclic amines) is 3. The van der Waals surface area contributed by atoms with Crippen molar-refractivity contribution in [2.45, 2.75) is 131 Å². The molecule has 0 unspecified atom stereocenters. The van der Waals surface area contributed by atoms with E-state index in [2.05, 4.69) is 143 Å². The molecule has 2 amide bonds. The standard InChI is InChI=1S/C33H35N3O4S.C27H31N3O3S.C26H28ClN3O2S/c1-24-13-15-36(16-14-24)33(37)29-22-41-32(34-29)20-35(19-27-9-12-30-31(17-27)40-23-39-30)18-25-7-10-28(11-8-25)38-21-26-5-3-2-4-6-26;1-19-3-5-21(6-4-19)14-29(15-22-7-8-24-25(13-22)33-18-32-24)16-26-28-23(17-34-26)27(31)30-11-9-20(2)10-12-30;1-19(30-11-3-2-4-12-30)23-17-33-26(28-23)16-29(14-20-5-8-22(27)9-6-20)15-21-7-10-24-25(13-21)32-18-31-24/h2-12,17,22,24H,13-16,18-21,23H2,1H3;3-8,13,17,20H,9-12,14-16,18H2,1-2H3;5-10,13,17H,1-4,11-12,14-16,18H2. The highest BCUT2D eigenvalue weighted by atomic mass is 35.5. The van der Waals surface area contributed by atoms with Crippen LogP contribution in [0.15, 0.2) is 180 Å². The summed E-state index contributed by atoms with van der Waals surface area (Å²) in [5.41, 5.74) is 12.7. The lowest BCUT2D eigenvalue weighted by Gasteiger charge is -2.29. The summed E-state index contributed by atoms with van der Waals surface area (Å²) in [5, 5.41) is 9.71. The van der Waals surface area contributed by atoms with E-state index in [1.54, 1.807) is 34.0 Å². The van der Waals surface area contributed by atoms with Gasteiger partial charge in [-0.1, -0.05) is 135 Å². The van der Waals surface area contributed by atoms with E-state index in [9.17, 15) is 9.59 Å². The molecule has 6 aliphatic heterocycles. The zero-order valence-corrected chi connectivity index (χ0v) is 65.0. The summed E-state index contributed by atoms with van der Waals surface area (Å²) in [5.74, 6) is 7.10. The van der Waals surface area contributed by atoms with E-state index in [0.29, 0.717) is 49.5 Å². The van der Waals surface area contributed by atoms with Crippen LogP contribution in [0.1, 0.15) is 145 Å². The Kier molecular flexibility index (Phi) is 25.7. The topological polar surface area (TPSA) is 157 Å². The van der Waals surface area contributed by atoms with Crippen LogP contribution in [0.25, 0.3) is 5.70 Å². The summed E-state index contributed by atoms with van der Waals surface area (Å²) >= 11 is 10.9. The molecule has 0 radical (unpaired) electrons. The van der Waals surface area contributed by atoms with Crippen LogP contribution < -0.4 is 33.2 Å². The number of aryl methyl sites for hydroxylation is 1. The van der Waals surface area contributed by atoms with Crippen molar-refractivity contribution in [3.63, 3.8) is 0 Å². The van der Waals surface area contributed by atoms with Gasteiger partial charge in [0.1, 0.15) is 38.8 Å². The summed E-state index contributed by atoms with van der Waals surface area (Å²) in [6, 6.07) is 53.5. The Hall–Kier alpha value is -9.32. The normalized spacial score (nSPS) is 15.3. The van der Waals surface area contributed by atoms with Crippen molar-refractivity contribution in [2.75, 3.05) is 59.6 Å². The molecule has 0 aliphatic carbocycles. The van der Waals surface area contributed by atoms with Crippen LogP contribution in [0.4, 0.5) is 0 Å². The highest BCUT2D eigenvalue weighted by Crippen LogP contribution is 2.37. The Bertz CT molecular complexity index is 4610. The zero-order chi connectivity index (χ0) is 74.1. The van der Waals surface area contributed by atoms with Crippen molar-refractivity contribution in [3.05, 3.63) is 262 Å². The van der Waals surface area contributed by atoms with Crippen LogP contribution in [-0.4, -0.2) is 116 Å². The van der Waals surface area contributed by atoms with Gasteiger partial charge in [-0.15, -0.1) is 34.0 Å². The lowest BCUT2D eigenvalue weighted by Crippen LogP contribution is -2.38. The number of amides is 2. The monoisotopic (exact) mass is 1530 g/mol. The minimum absolute atomic E-state index is 0.0489. The van der Waals surface area contributed by atoms with Crippen molar-refractivity contribution in [2.24, 2.45) is 11.8 Å². The molecule has 0 atom stereocenters. The van der Waals surface area contributed by atoms with Gasteiger partial charge in [-0.3, -0.25) is 24.3 Å². The summed E-state index contributed by atoms with van der Waals surface area (Å²) in [7, 11) is 0. The van der Waals surface area contributed by atoms with E-state index in [1.165, 1.54) is 47.1 Å². The van der Waals surface area contributed by atoms with E-state index in [1.807, 2.05) is 87.3 Å². The quantitative estimate of drug-likeness (QED) is 0.0532. The number of carbonyl (C=O) groups is 2. The molecule has 3 saturated heterocycles. The molecule has 3 fully saturated rings. The number of nitrogens with zero attached hydrogens (tertiary/aromatic N) is 9. The third-order valence-corrected chi connectivity index (χ3v) is 23.1. The molecule has 0 saturated carbocycles. The van der Waals surface area contributed by atoms with Gasteiger partial charge in [0.15, 0.2) is 34.5 Å². The maximum Gasteiger partial charge on any atom is 0.273 e. The molecule has 6 aliphatic rings. The first-order valence-corrected chi connectivity index (χ1v) is 40.5. The molecule has 16 rings (SSSR count). The number of rotatable bonds is 25. The molecule has 0 N–H and O–H groups in total. The summed E-state index contributed by atoms with van der Waals surface area (Å²) in [4.78, 5) is 53.9. The number of aromatic nitrogens is 3. The van der Waals surface area contributed by atoms with E-state index in [-0.39, 0.29) is 32.2 Å². The highest BCUT2D eigenvalue weighted by Gasteiger charge is 2.28. The maximum absolute atomic E-state index is 13.1. The molecular weight excluding hydrogens is 1430 g/mol. The number of fused-ring (bicyclic) bond motifs is 3. The first-order valence-electron chi connectivity index (χ1n) is 37.5. The molecule has 18 nitrogen and oxygen atoms in total. The highest BCUT2D eigenvalue weighted by molar-refractivity contribution is 7.10. The first kappa shape index (κ1) is 75.5. The summed E-state index contributed by atoms with van der Waals surface area (Å²) < 4.78 is 39.2. The smallest absolute Gasteiger partial charge is 0.273 e. The lowest BCUT2D eigenvalue weighted by atomic mass is 9.99. The van der Waals surface area contributed by atoms with Gasteiger partial charge in [-0.2, -0.15) is 0 Å². The molecule has 10 aromatic rings. The fourth-order valence-corrected chi connectivity index (χ4v) is 16.6. The fraction of sp³-hybridized carbons (Fsp3) is 0.360. The van der Waals surface area contributed by atoms with Crippen LogP contribution in [0.5, 0.6) is 40.2 Å². The van der Waals surface area contributed by atoms with Crippen LogP contribution in [0, 0.1) is 18.8 Å². The zero-order valence-electron chi connectivity index (χ0n) is 61.8. The molecule has 7 aromatic carbocycles. The van der Waals surface area contributed by atoms with Crippen LogP contribution in [0.3, 0.4) is 0 Å². The van der Waals surface area contributed by atoms with Crippen molar-refractivity contribution < 1.29 is 42.7 Å². The van der Waals surface area contributed by atoms with Crippen LogP contribution >= 0.6 is 45.6 Å². The number of carbonyl (C=O) groups excluding carboxylic acids is 2. The first-order chi connectivity index (χ1) is 52.8. The second-order valence-electron chi connectivity index (χ2n) is 28.9. The number of ether oxygens (including phenoxy) is 7. The fourth-order valence-electron chi connectivity index (χ4n) is 14.0. The summed E-state index contributed by atoms with van der Waals surface area (Å²) in [6.45, 7) is 24.4.